The molecule has 1 unspecified atom stereocenters. The van der Waals surface area contributed by atoms with Crippen LogP contribution in [0.5, 0.6) is 0 Å². The minimum atomic E-state index is 0.212. The van der Waals surface area contributed by atoms with Crippen LogP contribution in [-0.2, 0) is 6.42 Å². The molecule has 92 valence electrons. The molecule has 1 aromatic carbocycles. The number of carbonyl (C=O) groups is 1. The van der Waals surface area contributed by atoms with Crippen molar-refractivity contribution in [3.63, 3.8) is 0 Å². The van der Waals surface area contributed by atoms with Crippen LogP contribution in [0.1, 0.15) is 48.0 Å². The first kappa shape index (κ1) is 12.3. The summed E-state index contributed by atoms with van der Waals surface area (Å²) in [7, 11) is 0. The van der Waals surface area contributed by atoms with Crippen molar-refractivity contribution in [2.24, 2.45) is 5.92 Å². The molecule has 0 aromatic heterocycles. The van der Waals surface area contributed by atoms with Gasteiger partial charge in [-0.1, -0.05) is 37.1 Å². The van der Waals surface area contributed by atoms with Crippen molar-refractivity contribution in [2.45, 2.75) is 38.5 Å². The van der Waals surface area contributed by atoms with Crippen molar-refractivity contribution >= 4 is 5.78 Å². The number of hydrogen-bond acceptors (Lipinski definition) is 2. The maximum Gasteiger partial charge on any atom is 0.166 e. The Balaban J connectivity index is 1.93. The van der Waals surface area contributed by atoms with Gasteiger partial charge in [-0.05, 0) is 31.2 Å². The number of rotatable bonds is 5. The number of Topliss-reactive ketones (excluding diaryl/α,β-unsaturated/α-hetero) is 1. The lowest BCUT2D eigenvalue weighted by Gasteiger charge is -2.23. The molecule has 2 nitrogen and oxygen atoms in total. The van der Waals surface area contributed by atoms with E-state index >= 15 is 0 Å². The average molecular weight is 232 g/mol. The molecule has 2 rings (SSSR count). The van der Waals surface area contributed by atoms with Crippen molar-refractivity contribution < 1.29 is 9.90 Å². The molecule has 1 aliphatic rings. The van der Waals surface area contributed by atoms with Gasteiger partial charge in [0.2, 0.25) is 0 Å². The van der Waals surface area contributed by atoms with Gasteiger partial charge in [0.25, 0.3) is 0 Å². The van der Waals surface area contributed by atoms with Gasteiger partial charge in [-0.2, -0.15) is 0 Å². The molecule has 1 N–H and O–H groups in total. The van der Waals surface area contributed by atoms with Gasteiger partial charge in [-0.25, -0.2) is 0 Å². The number of benzene rings is 1. The summed E-state index contributed by atoms with van der Waals surface area (Å²) in [6, 6.07) is 7.98. The fourth-order valence-corrected chi connectivity index (χ4v) is 2.61. The minimum Gasteiger partial charge on any atom is -0.396 e. The summed E-state index contributed by atoms with van der Waals surface area (Å²) in [6.45, 7) is 0.265. The van der Waals surface area contributed by atoms with Gasteiger partial charge >= 0.3 is 0 Å². The van der Waals surface area contributed by atoms with Crippen LogP contribution in [0.3, 0.4) is 0 Å². The summed E-state index contributed by atoms with van der Waals surface area (Å²) in [5.41, 5.74) is 2.15. The summed E-state index contributed by atoms with van der Waals surface area (Å²) < 4.78 is 0. The molecule has 1 atom stereocenters. The number of aliphatic hydroxyl groups is 1. The van der Waals surface area contributed by atoms with Crippen LogP contribution in [-0.4, -0.2) is 17.5 Å². The van der Waals surface area contributed by atoms with Gasteiger partial charge in [-0.15, -0.1) is 0 Å². The fourth-order valence-electron chi connectivity index (χ4n) is 2.61. The molecule has 0 saturated carbocycles. The Hall–Kier alpha value is -1.15. The number of unbranched alkanes of at least 4 members (excludes halogenated alkanes) is 2. The fraction of sp³-hybridized carbons (Fsp3) is 0.533. The van der Waals surface area contributed by atoms with E-state index in [9.17, 15) is 4.79 Å². The molecule has 2 heteroatoms. The predicted octanol–water partition coefficient (Wildman–Crippen LogP) is 2.98. The van der Waals surface area contributed by atoms with E-state index in [-0.39, 0.29) is 12.5 Å². The van der Waals surface area contributed by atoms with E-state index in [2.05, 4.69) is 6.07 Å². The zero-order chi connectivity index (χ0) is 12.1. The summed E-state index contributed by atoms with van der Waals surface area (Å²) >= 11 is 0. The standard InChI is InChI=1S/C15H20O2/c16-11-5-1-2-7-13-10-9-12-6-3-4-8-14(12)15(13)17/h3-4,6,8,13,16H,1-2,5,7,9-11H2. The smallest absolute Gasteiger partial charge is 0.166 e. The highest BCUT2D eigenvalue weighted by atomic mass is 16.2. The Bertz CT molecular complexity index is 384. The molecule has 0 spiro atoms. The zero-order valence-electron chi connectivity index (χ0n) is 10.2. The Morgan fingerprint density at radius 3 is 2.82 bits per heavy atom. The zero-order valence-corrected chi connectivity index (χ0v) is 10.2. The summed E-state index contributed by atoms with van der Waals surface area (Å²) in [5.74, 6) is 0.541. The first-order valence-corrected chi connectivity index (χ1v) is 6.56. The maximum atomic E-state index is 12.2. The first-order chi connectivity index (χ1) is 8.33. The van der Waals surface area contributed by atoms with Crippen LogP contribution in [0, 0.1) is 5.92 Å². The van der Waals surface area contributed by atoms with Crippen LogP contribution in [0.4, 0.5) is 0 Å². The number of ketones is 1. The van der Waals surface area contributed by atoms with E-state index in [4.69, 9.17) is 5.11 Å². The molecule has 0 fully saturated rings. The third-order valence-electron chi connectivity index (χ3n) is 3.63. The molecular weight excluding hydrogens is 212 g/mol. The Morgan fingerprint density at radius 2 is 2.00 bits per heavy atom. The second kappa shape index (κ2) is 5.97. The lowest BCUT2D eigenvalue weighted by atomic mass is 9.80. The molecule has 1 aromatic rings. The van der Waals surface area contributed by atoms with Crippen molar-refractivity contribution in [1.29, 1.82) is 0 Å². The Morgan fingerprint density at radius 1 is 1.18 bits per heavy atom. The molecular formula is C15H20O2. The van der Waals surface area contributed by atoms with E-state index in [0.717, 1.165) is 44.1 Å². The van der Waals surface area contributed by atoms with Crippen LogP contribution < -0.4 is 0 Å². The normalized spacial score (nSPS) is 19.1. The van der Waals surface area contributed by atoms with Crippen LogP contribution in [0.15, 0.2) is 24.3 Å². The number of aryl methyl sites for hydroxylation is 1. The van der Waals surface area contributed by atoms with Gasteiger partial charge in [0.1, 0.15) is 0 Å². The lowest BCUT2D eigenvalue weighted by Crippen LogP contribution is -2.22. The second-order valence-corrected chi connectivity index (χ2v) is 4.83. The Kier molecular flexibility index (Phi) is 4.32. The number of hydrogen-bond donors (Lipinski definition) is 1. The average Bonchev–Trinajstić information content (AvgIpc) is 2.37. The number of carbonyl (C=O) groups excluding carboxylic acids is 1. The van der Waals surface area contributed by atoms with Crippen molar-refractivity contribution in [1.82, 2.24) is 0 Å². The quantitative estimate of drug-likeness (QED) is 0.792. The molecule has 0 heterocycles. The SMILES string of the molecule is O=C1c2ccccc2CCC1CCCCCO. The summed E-state index contributed by atoms with van der Waals surface area (Å²) in [4.78, 5) is 12.2. The first-order valence-electron chi connectivity index (χ1n) is 6.56. The van der Waals surface area contributed by atoms with E-state index in [1.54, 1.807) is 0 Å². The highest BCUT2D eigenvalue weighted by Crippen LogP contribution is 2.28. The van der Waals surface area contributed by atoms with Gasteiger partial charge < -0.3 is 5.11 Å². The third kappa shape index (κ3) is 2.95. The molecule has 1 aliphatic carbocycles. The van der Waals surface area contributed by atoms with Crippen molar-refractivity contribution in [3.05, 3.63) is 35.4 Å². The van der Waals surface area contributed by atoms with Crippen LogP contribution in [0.25, 0.3) is 0 Å². The van der Waals surface area contributed by atoms with E-state index in [1.807, 2.05) is 18.2 Å². The number of fused-ring (bicyclic) bond motifs is 1. The second-order valence-electron chi connectivity index (χ2n) is 4.83. The van der Waals surface area contributed by atoms with Crippen LogP contribution in [0.2, 0.25) is 0 Å². The van der Waals surface area contributed by atoms with Crippen molar-refractivity contribution in [2.75, 3.05) is 6.61 Å². The van der Waals surface area contributed by atoms with Crippen molar-refractivity contribution in [3.8, 4) is 0 Å². The maximum absolute atomic E-state index is 12.2. The number of aliphatic hydroxyl groups excluding tert-OH is 1. The predicted molar refractivity (Wildman–Crippen MR) is 68.1 cm³/mol. The molecule has 0 aliphatic heterocycles. The largest absolute Gasteiger partial charge is 0.396 e. The topological polar surface area (TPSA) is 37.3 Å². The molecule has 0 saturated heterocycles. The van der Waals surface area contributed by atoms with Gasteiger partial charge in [0, 0.05) is 18.1 Å². The molecule has 0 radical (unpaired) electrons. The minimum absolute atomic E-state index is 0.212. The van der Waals surface area contributed by atoms with E-state index in [0.29, 0.717) is 5.78 Å². The van der Waals surface area contributed by atoms with Gasteiger partial charge in [0.05, 0.1) is 0 Å². The molecule has 0 amide bonds. The monoisotopic (exact) mass is 232 g/mol. The summed E-state index contributed by atoms with van der Waals surface area (Å²) in [6.07, 6.45) is 5.95. The third-order valence-corrected chi connectivity index (χ3v) is 3.63. The van der Waals surface area contributed by atoms with Gasteiger partial charge in [0.15, 0.2) is 5.78 Å². The van der Waals surface area contributed by atoms with Gasteiger partial charge in [-0.3, -0.25) is 4.79 Å². The van der Waals surface area contributed by atoms with Crippen LogP contribution >= 0.6 is 0 Å². The Labute approximate surface area is 103 Å². The highest BCUT2D eigenvalue weighted by molar-refractivity contribution is 6.00. The molecule has 17 heavy (non-hydrogen) atoms. The molecule has 0 bridgehead atoms. The van der Waals surface area contributed by atoms with E-state index in [1.165, 1.54) is 5.56 Å². The summed E-state index contributed by atoms with van der Waals surface area (Å²) in [5, 5.41) is 8.72. The lowest BCUT2D eigenvalue weighted by molar-refractivity contribution is 0.0892. The van der Waals surface area contributed by atoms with E-state index < -0.39 is 0 Å². The highest BCUT2D eigenvalue weighted by Gasteiger charge is 2.26.